The predicted octanol–water partition coefficient (Wildman–Crippen LogP) is 2.49. The lowest BCUT2D eigenvalue weighted by Crippen LogP contribution is -2.55. The van der Waals surface area contributed by atoms with Gasteiger partial charge in [0.2, 0.25) is 5.91 Å². The number of para-hydroxylation sites is 1. The molecule has 212 valence electrons. The van der Waals surface area contributed by atoms with Crippen molar-refractivity contribution < 1.29 is 9.90 Å². The summed E-state index contributed by atoms with van der Waals surface area (Å²) in [5, 5.41) is 21.6. The number of carbonyl (C=O) groups is 1. The van der Waals surface area contributed by atoms with Gasteiger partial charge in [-0.05, 0) is 68.0 Å². The molecule has 6 rings (SSSR count). The summed E-state index contributed by atoms with van der Waals surface area (Å²) in [6, 6.07) is 13.7. The molecule has 3 fully saturated rings. The van der Waals surface area contributed by atoms with Crippen molar-refractivity contribution in [3.8, 4) is 28.8 Å². The normalized spacial score (nSPS) is 23.8. The zero-order valence-corrected chi connectivity index (χ0v) is 23.5. The van der Waals surface area contributed by atoms with Crippen molar-refractivity contribution in [2.75, 3.05) is 48.8 Å². The molecule has 0 saturated carbocycles. The fourth-order valence-corrected chi connectivity index (χ4v) is 6.65. The number of nitrogens with zero attached hydrogens (tertiary/aromatic N) is 6. The van der Waals surface area contributed by atoms with Crippen LogP contribution in [0.25, 0.3) is 11.3 Å². The Bertz CT molecular complexity index is 1500. The zero-order chi connectivity index (χ0) is 28.5. The molecule has 4 N–H and O–H groups in total. The minimum Gasteiger partial charge on any atom is -0.507 e. The average Bonchev–Trinajstić information content (AvgIpc) is 3.53. The number of amides is 1. The molecule has 41 heavy (non-hydrogen) atoms. The number of nitrogens with two attached hydrogens (primary N) is 1. The first-order valence-electron chi connectivity index (χ1n) is 14.3. The number of phenolic OH excluding ortho intramolecular Hbond substituents is 1. The fraction of sp³-hybridized carbons (Fsp3) is 0.419. The largest absolute Gasteiger partial charge is 0.507 e. The van der Waals surface area contributed by atoms with Crippen LogP contribution in [0.5, 0.6) is 5.75 Å². The van der Waals surface area contributed by atoms with E-state index in [0.29, 0.717) is 35.6 Å². The van der Waals surface area contributed by atoms with Gasteiger partial charge in [0.15, 0.2) is 5.82 Å². The van der Waals surface area contributed by atoms with Crippen LogP contribution in [0.4, 0.5) is 17.2 Å². The van der Waals surface area contributed by atoms with Crippen LogP contribution in [0.2, 0.25) is 0 Å². The number of rotatable bonds is 5. The Labute approximate surface area is 240 Å². The van der Waals surface area contributed by atoms with Gasteiger partial charge in [-0.25, -0.2) is 4.98 Å². The molecule has 3 aliphatic heterocycles. The first-order chi connectivity index (χ1) is 19.9. The van der Waals surface area contributed by atoms with Crippen LogP contribution in [-0.2, 0) is 4.79 Å². The summed E-state index contributed by atoms with van der Waals surface area (Å²) in [4.78, 5) is 23.6. The Morgan fingerprint density at radius 1 is 1.20 bits per heavy atom. The van der Waals surface area contributed by atoms with Crippen molar-refractivity contribution in [2.24, 2.45) is 5.92 Å². The summed E-state index contributed by atoms with van der Waals surface area (Å²) in [5.41, 5.74) is 10.3. The van der Waals surface area contributed by atoms with Crippen molar-refractivity contribution in [3.05, 3.63) is 54.4 Å². The molecule has 0 radical (unpaired) electrons. The number of likely N-dealkylation sites (tertiary alicyclic amines) is 1. The smallest absolute Gasteiger partial charge is 0.237 e. The number of benzene rings is 1. The summed E-state index contributed by atoms with van der Waals surface area (Å²) >= 11 is 0. The summed E-state index contributed by atoms with van der Waals surface area (Å²) in [7, 11) is 1.68. The summed E-state index contributed by atoms with van der Waals surface area (Å²) < 4.78 is 0. The number of aromatic hydroxyl groups is 1. The fourth-order valence-electron chi connectivity index (χ4n) is 6.65. The second-order valence-electron chi connectivity index (χ2n) is 11.2. The Morgan fingerprint density at radius 2 is 2.05 bits per heavy atom. The monoisotopic (exact) mass is 552 g/mol. The van der Waals surface area contributed by atoms with Gasteiger partial charge in [0.05, 0.1) is 24.0 Å². The van der Waals surface area contributed by atoms with Gasteiger partial charge >= 0.3 is 0 Å². The number of nitrogen functional groups attached to an aromatic ring is 1. The van der Waals surface area contributed by atoms with Crippen LogP contribution < -0.4 is 20.9 Å². The molecule has 10 heteroatoms. The third-order valence-electron chi connectivity index (χ3n) is 8.66. The van der Waals surface area contributed by atoms with Crippen LogP contribution in [0.15, 0.2) is 48.7 Å². The molecule has 2 aromatic heterocycles. The quantitative estimate of drug-likeness (QED) is 0.410. The molecular formula is C31H36N8O2. The Kier molecular flexibility index (Phi) is 7.37. The van der Waals surface area contributed by atoms with Crippen molar-refractivity contribution in [3.63, 3.8) is 0 Å². The average molecular weight is 553 g/mol. The zero-order valence-electron chi connectivity index (χ0n) is 23.5. The van der Waals surface area contributed by atoms with Gasteiger partial charge in [-0.15, -0.1) is 10.2 Å². The first kappa shape index (κ1) is 26.8. The molecule has 0 spiro atoms. The number of fused-ring (bicyclic) bond motifs is 2. The molecule has 3 aliphatic rings. The molecule has 3 unspecified atom stereocenters. The highest BCUT2D eigenvalue weighted by Gasteiger charge is 2.45. The van der Waals surface area contributed by atoms with Gasteiger partial charge < -0.3 is 26.0 Å². The number of phenols is 1. The number of anilines is 3. The topological polar surface area (TPSA) is 124 Å². The van der Waals surface area contributed by atoms with Crippen molar-refractivity contribution in [1.29, 1.82) is 0 Å². The standard InChI is InChI=1S/C31H36N8O2/c1-20-15-23-18-38(27-17-25(35-36-30(27)32)24-8-3-4-10-29(24)40)19-28(20)39(23)22-11-12-34-21(16-22)7-5-13-37-14-6-9-26(37)31(41)33-2/h3-4,8,10-12,16-17,20,23,26,28,40H,6,9,13-15,18-19H2,1-2H3,(H2,32,36)(H,33,41)/t20?,23?,26-,28?/m0/s1. The first-order valence-corrected chi connectivity index (χ1v) is 14.3. The van der Waals surface area contributed by atoms with E-state index in [4.69, 9.17) is 5.73 Å². The minimum atomic E-state index is -0.0962. The van der Waals surface area contributed by atoms with Crippen molar-refractivity contribution >= 4 is 23.1 Å². The lowest BCUT2D eigenvalue weighted by atomic mass is 10.0. The van der Waals surface area contributed by atoms with Gasteiger partial charge in [0.1, 0.15) is 11.4 Å². The lowest BCUT2D eigenvalue weighted by molar-refractivity contribution is -0.124. The van der Waals surface area contributed by atoms with E-state index in [1.165, 1.54) is 0 Å². The van der Waals surface area contributed by atoms with Crippen molar-refractivity contribution in [1.82, 2.24) is 25.4 Å². The number of nitrogens with one attached hydrogen (secondary N) is 1. The van der Waals surface area contributed by atoms with E-state index in [-0.39, 0.29) is 23.7 Å². The maximum absolute atomic E-state index is 12.2. The highest BCUT2D eigenvalue weighted by atomic mass is 16.3. The minimum absolute atomic E-state index is 0.0619. The lowest BCUT2D eigenvalue weighted by Gasteiger charge is -2.44. The molecule has 10 nitrogen and oxygen atoms in total. The predicted molar refractivity (Wildman–Crippen MR) is 159 cm³/mol. The number of likely N-dealkylation sites (N-methyl/N-ethyl adjacent to an activating group) is 1. The van der Waals surface area contributed by atoms with Gasteiger partial charge in [0.25, 0.3) is 0 Å². The molecule has 2 bridgehead atoms. The van der Waals surface area contributed by atoms with E-state index in [9.17, 15) is 9.90 Å². The molecule has 4 atom stereocenters. The Balaban J connectivity index is 1.19. The summed E-state index contributed by atoms with van der Waals surface area (Å²) in [6.07, 6.45) is 4.80. The molecule has 1 amide bonds. The number of hydrogen-bond acceptors (Lipinski definition) is 9. The Morgan fingerprint density at radius 3 is 2.85 bits per heavy atom. The van der Waals surface area contributed by atoms with E-state index in [0.717, 1.165) is 56.0 Å². The molecule has 3 saturated heterocycles. The highest BCUT2D eigenvalue weighted by Crippen LogP contribution is 2.41. The second kappa shape index (κ2) is 11.3. The second-order valence-corrected chi connectivity index (χ2v) is 11.2. The SMILES string of the molecule is CNC(=O)[C@@H]1CCCN1CC#Cc1cc(N2C3CC(C)C2CN(c2cc(-c4ccccc4O)nnc2N)C3)ccn1. The molecule has 5 heterocycles. The van der Waals surface area contributed by atoms with Crippen LogP contribution in [-0.4, -0.2) is 82.4 Å². The van der Waals surface area contributed by atoms with E-state index in [1.54, 1.807) is 19.2 Å². The van der Waals surface area contributed by atoms with Crippen LogP contribution in [0.3, 0.4) is 0 Å². The van der Waals surface area contributed by atoms with Crippen LogP contribution >= 0.6 is 0 Å². The van der Waals surface area contributed by atoms with Crippen molar-refractivity contribution in [2.45, 2.75) is 44.3 Å². The van der Waals surface area contributed by atoms with E-state index in [2.05, 4.69) is 66.1 Å². The molecule has 1 aromatic carbocycles. The number of piperazine rings is 1. The summed E-state index contributed by atoms with van der Waals surface area (Å²) in [6.45, 7) is 5.35. The summed E-state index contributed by atoms with van der Waals surface area (Å²) in [5.74, 6) is 7.60. The maximum Gasteiger partial charge on any atom is 0.237 e. The van der Waals surface area contributed by atoms with Gasteiger partial charge in [-0.1, -0.05) is 25.0 Å². The third kappa shape index (κ3) is 5.25. The molecular weight excluding hydrogens is 516 g/mol. The number of carbonyl (C=O) groups excluding carboxylic acids is 1. The van der Waals surface area contributed by atoms with Gasteiger partial charge in [-0.3, -0.25) is 9.69 Å². The van der Waals surface area contributed by atoms with Gasteiger partial charge in [-0.2, -0.15) is 0 Å². The molecule has 0 aliphatic carbocycles. The van der Waals surface area contributed by atoms with E-state index < -0.39 is 0 Å². The van der Waals surface area contributed by atoms with E-state index >= 15 is 0 Å². The van der Waals surface area contributed by atoms with Crippen LogP contribution in [0, 0.1) is 17.8 Å². The van der Waals surface area contributed by atoms with Crippen LogP contribution in [0.1, 0.15) is 31.9 Å². The number of aromatic nitrogens is 3. The Hall–Kier alpha value is -4.36. The highest BCUT2D eigenvalue weighted by molar-refractivity contribution is 5.81. The molecule has 3 aromatic rings. The maximum atomic E-state index is 12.2. The third-order valence-corrected chi connectivity index (χ3v) is 8.66. The van der Waals surface area contributed by atoms with Gasteiger partial charge in [0, 0.05) is 49.7 Å². The number of pyridine rings is 1. The number of hydrogen-bond donors (Lipinski definition) is 3. The van der Waals surface area contributed by atoms with E-state index in [1.807, 2.05) is 24.4 Å².